The van der Waals surface area contributed by atoms with Crippen LogP contribution in [-0.2, 0) is 19.5 Å². The van der Waals surface area contributed by atoms with Crippen LogP contribution in [0.4, 0.5) is 0 Å². The van der Waals surface area contributed by atoms with Crippen molar-refractivity contribution >= 4 is 11.3 Å². The smallest absolute Gasteiger partial charge is 0.0302 e. The maximum atomic E-state index is 5.62. The molecule has 0 radical (unpaired) electrons. The molecule has 0 saturated heterocycles. The molecule has 0 saturated carbocycles. The maximum Gasteiger partial charge on any atom is 0.0302 e. The molecule has 0 spiro atoms. The van der Waals surface area contributed by atoms with Crippen molar-refractivity contribution in [1.29, 1.82) is 0 Å². The van der Waals surface area contributed by atoms with Gasteiger partial charge in [0.1, 0.15) is 0 Å². The van der Waals surface area contributed by atoms with Gasteiger partial charge in [0.15, 0.2) is 0 Å². The van der Waals surface area contributed by atoms with Gasteiger partial charge in [-0.2, -0.15) is 0 Å². The first kappa shape index (κ1) is 12.3. The molecule has 0 bridgehead atoms. The van der Waals surface area contributed by atoms with Crippen molar-refractivity contribution in [2.75, 3.05) is 6.54 Å². The van der Waals surface area contributed by atoms with E-state index in [1.54, 1.807) is 11.3 Å². The Hall–Kier alpha value is -1.16. The van der Waals surface area contributed by atoms with Gasteiger partial charge in [-0.15, -0.1) is 11.3 Å². The summed E-state index contributed by atoms with van der Waals surface area (Å²) in [5.41, 5.74) is 8.33. The van der Waals surface area contributed by atoms with Crippen LogP contribution >= 0.6 is 11.3 Å². The zero-order valence-electron chi connectivity index (χ0n) is 9.86. The van der Waals surface area contributed by atoms with Crippen LogP contribution in [0, 0.1) is 0 Å². The van der Waals surface area contributed by atoms with Gasteiger partial charge in [0.05, 0.1) is 0 Å². The Kier molecular flexibility index (Phi) is 4.74. The number of nitrogens with one attached hydrogen (secondary N) is 1. The second kappa shape index (κ2) is 6.55. The summed E-state index contributed by atoms with van der Waals surface area (Å²) >= 11 is 1.79. The molecule has 0 aliphatic carbocycles. The van der Waals surface area contributed by atoms with Crippen molar-refractivity contribution in [1.82, 2.24) is 5.32 Å². The topological polar surface area (TPSA) is 38.0 Å². The number of benzene rings is 1. The second-order valence-electron chi connectivity index (χ2n) is 3.99. The lowest BCUT2D eigenvalue weighted by molar-refractivity contribution is 0.694. The van der Waals surface area contributed by atoms with Crippen molar-refractivity contribution in [2.45, 2.75) is 19.5 Å². The summed E-state index contributed by atoms with van der Waals surface area (Å²) in [4.78, 5) is 1.38. The minimum absolute atomic E-state index is 0.710. The average molecular weight is 246 g/mol. The van der Waals surface area contributed by atoms with Crippen LogP contribution in [0.25, 0.3) is 0 Å². The van der Waals surface area contributed by atoms with Crippen molar-refractivity contribution in [3.63, 3.8) is 0 Å². The summed E-state index contributed by atoms with van der Waals surface area (Å²) in [6, 6.07) is 12.7. The van der Waals surface area contributed by atoms with Gasteiger partial charge in [0, 0.05) is 18.0 Å². The van der Waals surface area contributed by atoms with Crippen molar-refractivity contribution in [3.8, 4) is 0 Å². The molecule has 1 aromatic carbocycles. The fourth-order valence-corrected chi connectivity index (χ4v) is 2.54. The van der Waals surface area contributed by atoms with Gasteiger partial charge in [-0.05, 0) is 35.5 Å². The van der Waals surface area contributed by atoms with Crippen molar-refractivity contribution < 1.29 is 0 Å². The second-order valence-corrected chi connectivity index (χ2v) is 5.02. The molecular formula is C14H18N2S. The normalized spacial score (nSPS) is 10.6. The number of nitrogens with two attached hydrogens (primary N) is 1. The van der Waals surface area contributed by atoms with E-state index >= 15 is 0 Å². The Morgan fingerprint density at radius 3 is 2.53 bits per heavy atom. The molecule has 1 aromatic heterocycles. The largest absolute Gasteiger partial charge is 0.330 e. The fourth-order valence-electron chi connectivity index (χ4n) is 1.86. The van der Waals surface area contributed by atoms with E-state index in [4.69, 9.17) is 5.73 Å². The summed E-state index contributed by atoms with van der Waals surface area (Å²) in [6.07, 6.45) is 0.955. The summed E-state index contributed by atoms with van der Waals surface area (Å²) < 4.78 is 0. The Bertz CT molecular complexity index is 437. The molecule has 0 fully saturated rings. The minimum Gasteiger partial charge on any atom is -0.330 e. The Morgan fingerprint density at radius 2 is 1.82 bits per heavy atom. The molecule has 0 atom stereocenters. The monoisotopic (exact) mass is 246 g/mol. The van der Waals surface area contributed by atoms with E-state index in [1.165, 1.54) is 16.0 Å². The molecular weight excluding hydrogens is 228 g/mol. The van der Waals surface area contributed by atoms with E-state index < -0.39 is 0 Å². The van der Waals surface area contributed by atoms with Crippen LogP contribution < -0.4 is 11.1 Å². The molecule has 3 heteroatoms. The molecule has 2 aromatic rings. The first-order chi connectivity index (χ1) is 8.40. The lowest BCUT2D eigenvalue weighted by Crippen LogP contribution is -2.14. The van der Waals surface area contributed by atoms with Crippen molar-refractivity contribution in [3.05, 3.63) is 57.8 Å². The fraction of sp³-hybridized carbons (Fsp3) is 0.286. The van der Waals surface area contributed by atoms with Gasteiger partial charge in [0.2, 0.25) is 0 Å². The lowest BCUT2D eigenvalue weighted by Gasteiger charge is -2.09. The molecule has 2 nitrogen and oxygen atoms in total. The first-order valence-electron chi connectivity index (χ1n) is 5.90. The molecule has 0 amide bonds. The van der Waals surface area contributed by atoms with Crippen LogP contribution in [0.3, 0.4) is 0 Å². The van der Waals surface area contributed by atoms with Crippen LogP contribution in [0.1, 0.15) is 16.0 Å². The van der Waals surface area contributed by atoms with Crippen LogP contribution in [0.15, 0.2) is 41.8 Å². The number of hydrogen-bond acceptors (Lipinski definition) is 3. The molecule has 0 aliphatic heterocycles. The first-order valence-corrected chi connectivity index (χ1v) is 6.78. The van der Waals surface area contributed by atoms with E-state index in [-0.39, 0.29) is 0 Å². The molecule has 0 unspecified atom stereocenters. The highest BCUT2D eigenvalue weighted by molar-refractivity contribution is 7.09. The van der Waals surface area contributed by atoms with Gasteiger partial charge in [-0.3, -0.25) is 0 Å². The molecule has 90 valence electrons. The van der Waals surface area contributed by atoms with Crippen LogP contribution in [0.2, 0.25) is 0 Å². The summed E-state index contributed by atoms with van der Waals surface area (Å²) in [5, 5.41) is 5.58. The zero-order valence-corrected chi connectivity index (χ0v) is 10.7. The molecule has 2 rings (SSSR count). The Morgan fingerprint density at radius 1 is 1.00 bits per heavy atom. The third kappa shape index (κ3) is 3.66. The zero-order chi connectivity index (χ0) is 11.9. The lowest BCUT2D eigenvalue weighted by atomic mass is 10.0. The average Bonchev–Trinajstić information content (AvgIpc) is 2.85. The predicted molar refractivity (Wildman–Crippen MR) is 74.1 cm³/mol. The van der Waals surface area contributed by atoms with Crippen LogP contribution in [0.5, 0.6) is 0 Å². The molecule has 17 heavy (non-hydrogen) atoms. The highest BCUT2D eigenvalue weighted by Crippen LogP contribution is 2.11. The Balaban J connectivity index is 1.89. The van der Waals surface area contributed by atoms with E-state index in [1.807, 2.05) is 0 Å². The maximum absolute atomic E-state index is 5.62. The Labute approximate surface area is 106 Å². The van der Waals surface area contributed by atoms with Crippen molar-refractivity contribution in [2.24, 2.45) is 5.73 Å². The van der Waals surface area contributed by atoms with Crippen LogP contribution in [-0.4, -0.2) is 6.54 Å². The summed E-state index contributed by atoms with van der Waals surface area (Å²) in [6.45, 7) is 2.56. The van der Waals surface area contributed by atoms with E-state index in [9.17, 15) is 0 Å². The summed E-state index contributed by atoms with van der Waals surface area (Å²) in [5.74, 6) is 0. The molecule has 0 aliphatic rings. The third-order valence-corrected chi connectivity index (χ3v) is 3.60. The van der Waals surface area contributed by atoms with Gasteiger partial charge >= 0.3 is 0 Å². The van der Waals surface area contributed by atoms with E-state index in [0.717, 1.165) is 19.5 Å². The number of thiophene rings is 1. The highest BCUT2D eigenvalue weighted by atomic mass is 32.1. The SMILES string of the molecule is NCCc1ccccc1CNCc1cccs1. The molecule has 1 heterocycles. The minimum atomic E-state index is 0.710. The van der Waals surface area contributed by atoms with Gasteiger partial charge < -0.3 is 11.1 Å². The van der Waals surface area contributed by atoms with Gasteiger partial charge in [-0.25, -0.2) is 0 Å². The van der Waals surface area contributed by atoms with Gasteiger partial charge in [-0.1, -0.05) is 30.3 Å². The number of hydrogen-bond donors (Lipinski definition) is 2. The third-order valence-electron chi connectivity index (χ3n) is 2.73. The highest BCUT2D eigenvalue weighted by Gasteiger charge is 2.00. The summed E-state index contributed by atoms with van der Waals surface area (Å²) in [7, 11) is 0. The van der Waals surface area contributed by atoms with Gasteiger partial charge in [0.25, 0.3) is 0 Å². The quantitative estimate of drug-likeness (QED) is 0.822. The van der Waals surface area contributed by atoms with E-state index in [2.05, 4.69) is 47.1 Å². The standard InChI is InChI=1S/C14H18N2S/c15-8-7-12-4-1-2-5-13(12)10-16-11-14-6-3-9-17-14/h1-6,9,16H,7-8,10-11,15H2. The van der Waals surface area contributed by atoms with E-state index in [0.29, 0.717) is 6.54 Å². The predicted octanol–water partition coefficient (Wildman–Crippen LogP) is 2.54. The number of rotatable bonds is 6. The molecule has 3 N–H and O–H groups in total.